The van der Waals surface area contributed by atoms with Crippen LogP contribution in [0, 0.1) is 5.92 Å². The SMILES string of the molecule is CCCCCCCCCCCCCCCC(=O)OCC(COC(=O)CCCCCCCCCCCCCCC)OC(=O)c1ccnc(CNCC(=O)CC(CC)CCN(C)C)c1. The number of rotatable bonds is 44. The summed E-state index contributed by atoms with van der Waals surface area (Å²) in [5.74, 6) is -0.806. The van der Waals surface area contributed by atoms with E-state index in [4.69, 9.17) is 14.2 Å². The Balaban J connectivity index is 2.56. The molecular weight excluding hydrogens is 779 g/mol. The largest absolute Gasteiger partial charge is 0.462 e. The van der Waals surface area contributed by atoms with Crippen molar-refractivity contribution in [2.75, 3.05) is 40.4 Å². The number of nitrogens with one attached hydrogen (secondary N) is 1. The minimum Gasteiger partial charge on any atom is -0.462 e. The molecule has 0 amide bonds. The molecule has 0 aliphatic heterocycles. The Hall–Kier alpha value is -2.85. The van der Waals surface area contributed by atoms with Crippen molar-refractivity contribution >= 4 is 23.7 Å². The Bertz CT molecular complexity index is 1210. The van der Waals surface area contributed by atoms with Gasteiger partial charge in [-0.15, -0.1) is 0 Å². The van der Waals surface area contributed by atoms with Crippen molar-refractivity contribution in [3.63, 3.8) is 0 Å². The van der Waals surface area contributed by atoms with Gasteiger partial charge in [-0.1, -0.05) is 181 Å². The normalized spacial score (nSPS) is 11.9. The Labute approximate surface area is 379 Å². The Morgan fingerprint density at radius 2 is 1.06 bits per heavy atom. The number of hydrogen-bond donors (Lipinski definition) is 1. The van der Waals surface area contributed by atoms with Gasteiger partial charge >= 0.3 is 17.9 Å². The number of hydrogen-bond acceptors (Lipinski definition) is 10. The number of carbonyl (C=O) groups is 4. The topological polar surface area (TPSA) is 124 Å². The van der Waals surface area contributed by atoms with Crippen LogP contribution < -0.4 is 5.32 Å². The molecule has 0 aromatic carbocycles. The van der Waals surface area contributed by atoms with Crippen LogP contribution in [0.4, 0.5) is 0 Å². The van der Waals surface area contributed by atoms with E-state index in [1.807, 2.05) is 14.1 Å². The second kappa shape index (κ2) is 40.9. The van der Waals surface area contributed by atoms with Crippen molar-refractivity contribution in [3.8, 4) is 0 Å². The van der Waals surface area contributed by atoms with Crippen molar-refractivity contribution in [1.29, 1.82) is 0 Å². The molecule has 1 N–H and O–H groups in total. The van der Waals surface area contributed by atoms with E-state index in [9.17, 15) is 19.2 Å². The number of ether oxygens (including phenoxy) is 3. The lowest BCUT2D eigenvalue weighted by molar-refractivity contribution is -0.153. The van der Waals surface area contributed by atoms with Crippen molar-refractivity contribution in [1.82, 2.24) is 15.2 Å². The number of carbonyl (C=O) groups excluding carboxylic acids is 4. The first-order valence-electron chi connectivity index (χ1n) is 25.5. The number of ketones is 1. The molecule has 0 saturated heterocycles. The fourth-order valence-electron chi connectivity index (χ4n) is 7.74. The predicted molar refractivity (Wildman–Crippen MR) is 254 cm³/mol. The highest BCUT2D eigenvalue weighted by Gasteiger charge is 2.21. The van der Waals surface area contributed by atoms with Gasteiger partial charge in [0, 0.05) is 32.0 Å². The Morgan fingerprint density at radius 3 is 1.48 bits per heavy atom. The highest BCUT2D eigenvalue weighted by atomic mass is 16.6. The summed E-state index contributed by atoms with van der Waals surface area (Å²) in [7, 11) is 4.08. The van der Waals surface area contributed by atoms with Crippen LogP contribution in [0.15, 0.2) is 18.3 Å². The highest BCUT2D eigenvalue weighted by molar-refractivity contribution is 5.89. The van der Waals surface area contributed by atoms with Gasteiger partial charge in [-0.3, -0.25) is 19.4 Å². The van der Waals surface area contributed by atoms with Crippen LogP contribution in [-0.4, -0.2) is 80.1 Å². The molecule has 0 fully saturated rings. The maximum Gasteiger partial charge on any atom is 0.338 e. The summed E-state index contributed by atoms with van der Waals surface area (Å²) in [4.78, 5) is 57.9. The molecule has 0 bridgehead atoms. The van der Waals surface area contributed by atoms with E-state index in [1.165, 1.54) is 135 Å². The molecule has 0 spiro atoms. The number of Topliss-reactive ketones (excluding diaryl/α,β-unsaturated/α-hetero) is 1. The smallest absolute Gasteiger partial charge is 0.338 e. The summed E-state index contributed by atoms with van der Waals surface area (Å²) in [5, 5.41) is 3.17. The summed E-state index contributed by atoms with van der Waals surface area (Å²) < 4.78 is 16.9. The maximum absolute atomic E-state index is 13.4. The third kappa shape index (κ3) is 34.6. The van der Waals surface area contributed by atoms with Gasteiger partial charge < -0.3 is 24.4 Å². The molecule has 0 radical (unpaired) electrons. The first-order valence-corrected chi connectivity index (χ1v) is 25.5. The maximum atomic E-state index is 13.4. The number of pyridine rings is 1. The summed E-state index contributed by atoms with van der Waals surface area (Å²) >= 11 is 0. The lowest BCUT2D eigenvalue weighted by Gasteiger charge is -2.18. The third-order valence-electron chi connectivity index (χ3n) is 11.9. The lowest BCUT2D eigenvalue weighted by atomic mass is 9.96. The molecule has 0 aliphatic rings. The van der Waals surface area contributed by atoms with Gasteiger partial charge in [-0.25, -0.2) is 4.79 Å². The zero-order valence-corrected chi connectivity index (χ0v) is 40.6. The van der Waals surface area contributed by atoms with E-state index >= 15 is 0 Å². The van der Waals surface area contributed by atoms with Crippen molar-refractivity contribution in [2.24, 2.45) is 5.92 Å². The van der Waals surface area contributed by atoms with E-state index in [-0.39, 0.29) is 43.0 Å². The molecule has 0 aliphatic carbocycles. The second-order valence-electron chi connectivity index (χ2n) is 18.1. The van der Waals surface area contributed by atoms with Gasteiger partial charge in [-0.2, -0.15) is 0 Å². The average molecular weight is 872 g/mol. The minimum atomic E-state index is -0.944. The first kappa shape index (κ1) is 57.2. The lowest BCUT2D eigenvalue weighted by Crippen LogP contribution is -2.31. The van der Waals surface area contributed by atoms with Gasteiger partial charge in [0.2, 0.25) is 0 Å². The quantitative estimate of drug-likeness (QED) is 0.0385. The van der Waals surface area contributed by atoms with Crippen LogP contribution in [0.2, 0.25) is 0 Å². The monoisotopic (exact) mass is 872 g/mol. The first-order chi connectivity index (χ1) is 30.2. The minimum absolute atomic E-state index is 0.154. The van der Waals surface area contributed by atoms with Crippen LogP contribution in [0.25, 0.3) is 0 Å². The van der Waals surface area contributed by atoms with Crippen molar-refractivity contribution in [2.45, 2.75) is 232 Å². The van der Waals surface area contributed by atoms with Crippen molar-refractivity contribution < 1.29 is 33.4 Å². The fraction of sp³-hybridized carbons (Fsp3) is 0.827. The Morgan fingerprint density at radius 1 is 0.629 bits per heavy atom. The number of nitrogens with zero attached hydrogens (tertiary/aromatic N) is 2. The molecule has 1 unspecified atom stereocenters. The van der Waals surface area contributed by atoms with Gasteiger partial charge in [0.1, 0.15) is 19.0 Å². The number of esters is 3. The molecule has 1 aromatic rings. The molecule has 62 heavy (non-hydrogen) atoms. The van der Waals surface area contributed by atoms with Crippen molar-refractivity contribution in [3.05, 3.63) is 29.6 Å². The van der Waals surface area contributed by atoms with E-state index in [2.05, 4.69) is 36.0 Å². The Kier molecular flexibility index (Phi) is 37.7. The van der Waals surface area contributed by atoms with Gasteiger partial charge in [-0.05, 0) is 58.0 Å². The van der Waals surface area contributed by atoms with Gasteiger partial charge in [0.25, 0.3) is 0 Å². The van der Waals surface area contributed by atoms with E-state index in [0.29, 0.717) is 37.4 Å². The average Bonchev–Trinajstić information content (AvgIpc) is 3.26. The summed E-state index contributed by atoms with van der Waals surface area (Å²) in [6.45, 7) is 7.75. The standard InChI is InChI=1S/C52H93N3O7/c1-6-9-11-13-15-17-19-21-23-25-27-29-31-33-50(57)60-43-49(44-61-51(58)34-32-30-28-26-24-22-20-18-16-14-12-10-7-2)62-52(59)46-35-37-54-47(40-46)41-53-42-48(56)39-45(8-3)36-38-55(4)5/h35,37,40,45,49,53H,6-34,36,38-39,41-44H2,1-5H3. The summed E-state index contributed by atoms with van der Waals surface area (Å²) in [5.41, 5.74) is 0.872. The van der Waals surface area contributed by atoms with Crippen LogP contribution in [-0.2, 0) is 35.1 Å². The third-order valence-corrected chi connectivity index (χ3v) is 11.9. The number of aromatic nitrogens is 1. The highest BCUT2D eigenvalue weighted by Crippen LogP contribution is 2.17. The molecule has 358 valence electrons. The van der Waals surface area contributed by atoms with Gasteiger partial charge in [0.05, 0.1) is 17.8 Å². The number of unbranched alkanes of at least 4 members (excludes halogenated alkanes) is 24. The molecule has 10 nitrogen and oxygen atoms in total. The molecule has 1 heterocycles. The van der Waals surface area contributed by atoms with Crippen LogP contribution in [0.3, 0.4) is 0 Å². The van der Waals surface area contributed by atoms with Crippen LogP contribution in [0.5, 0.6) is 0 Å². The fourth-order valence-corrected chi connectivity index (χ4v) is 7.74. The molecule has 10 heteroatoms. The molecule has 1 aromatic heterocycles. The van der Waals surface area contributed by atoms with E-state index in [1.54, 1.807) is 12.1 Å². The van der Waals surface area contributed by atoms with Crippen LogP contribution in [0.1, 0.15) is 236 Å². The van der Waals surface area contributed by atoms with E-state index in [0.717, 1.165) is 57.9 Å². The zero-order chi connectivity index (χ0) is 45.3. The molecule has 0 saturated carbocycles. The van der Waals surface area contributed by atoms with Gasteiger partial charge in [0.15, 0.2) is 6.10 Å². The van der Waals surface area contributed by atoms with E-state index < -0.39 is 12.1 Å². The van der Waals surface area contributed by atoms with Crippen LogP contribution >= 0.6 is 0 Å². The second-order valence-corrected chi connectivity index (χ2v) is 18.1. The molecule has 1 rings (SSSR count). The molecule has 1 atom stereocenters. The summed E-state index contributed by atoms with van der Waals surface area (Å²) in [6, 6.07) is 3.19. The summed E-state index contributed by atoms with van der Waals surface area (Å²) in [6.07, 6.45) is 35.6. The zero-order valence-electron chi connectivity index (χ0n) is 40.6. The molecular formula is C52H93N3O7. The predicted octanol–water partition coefficient (Wildman–Crippen LogP) is 12.7.